The summed E-state index contributed by atoms with van der Waals surface area (Å²) in [4.78, 5) is 1.07. The molecule has 1 atom stereocenters. The van der Waals surface area contributed by atoms with Crippen molar-refractivity contribution < 1.29 is 0 Å². The minimum Gasteiger partial charge on any atom is -0.295 e. The van der Waals surface area contributed by atoms with Crippen molar-refractivity contribution in [3.63, 3.8) is 0 Å². The molecule has 0 radical (unpaired) electrons. The van der Waals surface area contributed by atoms with E-state index in [0.29, 0.717) is 10.8 Å². The molecule has 4 heteroatoms. The number of nitrogens with one attached hydrogen (secondary N) is 1. The molecule has 0 bridgehead atoms. The van der Waals surface area contributed by atoms with Gasteiger partial charge in [-0.15, -0.1) is 11.8 Å². The number of nitriles is 1. The molecule has 0 aliphatic rings. The number of benzene rings is 2. The van der Waals surface area contributed by atoms with E-state index in [1.165, 1.54) is 0 Å². The van der Waals surface area contributed by atoms with Gasteiger partial charge >= 0.3 is 0 Å². The zero-order valence-corrected chi connectivity index (χ0v) is 13.4. The summed E-state index contributed by atoms with van der Waals surface area (Å²) in [6, 6.07) is 20.0. The first-order valence-electron chi connectivity index (χ1n) is 6.80. The molecule has 1 unspecified atom stereocenters. The molecule has 0 saturated heterocycles. The van der Waals surface area contributed by atoms with Crippen LogP contribution in [0.1, 0.15) is 12.5 Å². The van der Waals surface area contributed by atoms with E-state index in [9.17, 15) is 5.26 Å². The Balaban J connectivity index is 2.23. The minimum absolute atomic E-state index is 0.627. The monoisotopic (exact) mass is 316 g/mol. The number of halogens is 1. The Kier molecular flexibility index (Phi) is 5.69. The van der Waals surface area contributed by atoms with Crippen molar-refractivity contribution in [3.05, 3.63) is 65.2 Å². The van der Waals surface area contributed by atoms with Crippen molar-refractivity contribution >= 4 is 23.4 Å². The van der Waals surface area contributed by atoms with E-state index >= 15 is 0 Å². The Morgan fingerprint density at radius 3 is 2.57 bits per heavy atom. The van der Waals surface area contributed by atoms with Crippen LogP contribution in [0, 0.1) is 11.3 Å². The van der Waals surface area contributed by atoms with Crippen LogP contribution in [0.25, 0.3) is 0 Å². The molecular weight excluding hydrogens is 300 g/mol. The van der Waals surface area contributed by atoms with Crippen LogP contribution in [0.5, 0.6) is 0 Å². The highest BCUT2D eigenvalue weighted by atomic mass is 35.5. The molecule has 0 heterocycles. The predicted octanol–water partition coefficient (Wildman–Crippen LogP) is 4.46. The maximum atomic E-state index is 9.74. The van der Waals surface area contributed by atoms with Crippen LogP contribution in [0.15, 0.2) is 59.5 Å². The third-order valence-electron chi connectivity index (χ3n) is 3.19. The number of thioether (sulfide) groups is 1. The van der Waals surface area contributed by atoms with Gasteiger partial charge in [-0.25, -0.2) is 0 Å². The molecule has 2 nitrogen and oxygen atoms in total. The number of hydrogen-bond donors (Lipinski definition) is 1. The summed E-state index contributed by atoms with van der Waals surface area (Å²) in [5, 5.41) is 13.8. The normalized spacial score (nSPS) is 13.4. The summed E-state index contributed by atoms with van der Waals surface area (Å²) in [6.07, 6.45) is 0. The van der Waals surface area contributed by atoms with Gasteiger partial charge in [0.1, 0.15) is 5.54 Å². The lowest BCUT2D eigenvalue weighted by Gasteiger charge is -2.27. The summed E-state index contributed by atoms with van der Waals surface area (Å²) in [6.45, 7) is 2.75. The fourth-order valence-corrected chi connectivity index (χ4v) is 3.50. The summed E-state index contributed by atoms with van der Waals surface area (Å²) in [5.74, 6) is 0.627. The van der Waals surface area contributed by atoms with Crippen molar-refractivity contribution in [1.29, 1.82) is 5.26 Å². The fourth-order valence-electron chi connectivity index (χ4n) is 2.15. The molecule has 21 heavy (non-hydrogen) atoms. The second-order valence-corrected chi connectivity index (χ2v) is 6.14. The quantitative estimate of drug-likeness (QED) is 0.799. The largest absolute Gasteiger partial charge is 0.295 e. The molecule has 1 N–H and O–H groups in total. The maximum absolute atomic E-state index is 9.74. The topological polar surface area (TPSA) is 35.8 Å². The molecule has 0 spiro atoms. The third-order valence-corrected chi connectivity index (χ3v) is 4.59. The standard InChI is InChI=1S/C17H17ClN2S/c1-2-20-17(12-19,14-7-4-3-5-8-14)13-21-16-10-6-9-15(18)11-16/h3-11,20H,2,13H2,1H3. The van der Waals surface area contributed by atoms with Gasteiger partial charge in [0.25, 0.3) is 0 Å². The number of nitrogens with zero attached hydrogens (tertiary/aromatic N) is 1. The first-order valence-corrected chi connectivity index (χ1v) is 8.17. The molecule has 0 aromatic heterocycles. The molecule has 0 aliphatic heterocycles. The van der Waals surface area contributed by atoms with Gasteiger partial charge < -0.3 is 0 Å². The lowest BCUT2D eigenvalue weighted by molar-refractivity contribution is 0.490. The van der Waals surface area contributed by atoms with E-state index in [4.69, 9.17) is 11.6 Å². The Hall–Kier alpha value is -1.47. The predicted molar refractivity (Wildman–Crippen MR) is 89.6 cm³/mol. The van der Waals surface area contributed by atoms with E-state index in [1.54, 1.807) is 11.8 Å². The molecule has 2 aromatic carbocycles. The van der Waals surface area contributed by atoms with Crippen molar-refractivity contribution in [2.75, 3.05) is 12.3 Å². The Morgan fingerprint density at radius 2 is 1.95 bits per heavy atom. The van der Waals surface area contributed by atoms with E-state index in [0.717, 1.165) is 17.0 Å². The van der Waals surface area contributed by atoms with Crippen LogP contribution in [0.2, 0.25) is 5.02 Å². The van der Waals surface area contributed by atoms with Crippen molar-refractivity contribution in [3.8, 4) is 6.07 Å². The molecule has 2 rings (SSSR count). The van der Waals surface area contributed by atoms with Crippen LogP contribution in [-0.2, 0) is 5.54 Å². The van der Waals surface area contributed by atoms with E-state index in [-0.39, 0.29) is 0 Å². The van der Waals surface area contributed by atoms with Crippen LogP contribution < -0.4 is 5.32 Å². The van der Waals surface area contributed by atoms with Gasteiger partial charge in [0.05, 0.1) is 6.07 Å². The zero-order chi connectivity index (χ0) is 15.1. The van der Waals surface area contributed by atoms with E-state index in [1.807, 2.05) is 61.5 Å². The van der Waals surface area contributed by atoms with Crippen molar-refractivity contribution in [2.24, 2.45) is 0 Å². The van der Waals surface area contributed by atoms with Gasteiger partial charge in [0.2, 0.25) is 0 Å². The first kappa shape index (κ1) is 15.9. The molecule has 0 saturated carbocycles. The fraction of sp³-hybridized carbons (Fsp3) is 0.235. The first-order chi connectivity index (χ1) is 10.2. The third kappa shape index (κ3) is 4.01. The second kappa shape index (κ2) is 7.51. The lowest BCUT2D eigenvalue weighted by Crippen LogP contribution is -2.43. The minimum atomic E-state index is -0.691. The van der Waals surface area contributed by atoms with Gasteiger partial charge in [-0.2, -0.15) is 5.26 Å². The second-order valence-electron chi connectivity index (χ2n) is 4.66. The van der Waals surface area contributed by atoms with Crippen LogP contribution in [0.3, 0.4) is 0 Å². The Labute approximate surface area is 135 Å². The smallest absolute Gasteiger partial charge is 0.141 e. The average molecular weight is 317 g/mol. The van der Waals surface area contributed by atoms with Crippen molar-refractivity contribution in [1.82, 2.24) is 5.32 Å². The Morgan fingerprint density at radius 1 is 1.19 bits per heavy atom. The summed E-state index contributed by atoms with van der Waals surface area (Å²) < 4.78 is 0. The van der Waals surface area contributed by atoms with Gasteiger partial charge in [0, 0.05) is 15.7 Å². The van der Waals surface area contributed by atoms with Gasteiger partial charge in [-0.3, -0.25) is 5.32 Å². The van der Waals surface area contributed by atoms with Crippen LogP contribution in [-0.4, -0.2) is 12.3 Å². The van der Waals surface area contributed by atoms with E-state index in [2.05, 4.69) is 11.4 Å². The molecule has 108 valence electrons. The molecule has 0 amide bonds. The summed E-state index contributed by atoms with van der Waals surface area (Å²) >= 11 is 7.64. The van der Waals surface area contributed by atoms with Crippen LogP contribution in [0.4, 0.5) is 0 Å². The van der Waals surface area contributed by atoms with Gasteiger partial charge in [0.15, 0.2) is 0 Å². The van der Waals surface area contributed by atoms with Crippen LogP contribution >= 0.6 is 23.4 Å². The average Bonchev–Trinajstić information content (AvgIpc) is 2.52. The number of rotatable bonds is 6. The zero-order valence-electron chi connectivity index (χ0n) is 11.8. The van der Waals surface area contributed by atoms with E-state index < -0.39 is 5.54 Å². The van der Waals surface area contributed by atoms with Crippen molar-refractivity contribution in [2.45, 2.75) is 17.4 Å². The molecule has 0 fully saturated rings. The van der Waals surface area contributed by atoms with Gasteiger partial charge in [-0.05, 0) is 30.3 Å². The summed E-state index contributed by atoms with van der Waals surface area (Å²) in [5.41, 5.74) is 0.298. The summed E-state index contributed by atoms with van der Waals surface area (Å²) in [7, 11) is 0. The highest BCUT2D eigenvalue weighted by molar-refractivity contribution is 7.99. The lowest BCUT2D eigenvalue weighted by atomic mass is 9.93. The molecular formula is C17H17ClN2S. The molecule has 2 aromatic rings. The highest BCUT2D eigenvalue weighted by Gasteiger charge is 2.31. The molecule has 0 aliphatic carbocycles. The maximum Gasteiger partial charge on any atom is 0.141 e. The number of hydrogen-bond acceptors (Lipinski definition) is 3. The SMILES string of the molecule is CCNC(C#N)(CSc1cccc(Cl)c1)c1ccccc1. The highest BCUT2D eigenvalue weighted by Crippen LogP contribution is 2.30. The van der Waals surface area contributed by atoms with Gasteiger partial charge in [-0.1, -0.05) is 54.9 Å². The Bertz CT molecular complexity index is 624.